The standard InChI is InChI=1S/C22H24FN3O2S/c1-14(2)28-12-4-11-24-21-20(15-5-7-16(23)8-6-15)25-22-26(21)18-10-9-17(27-3)13-19(18)29-22/h5-10,13-14,24H,4,11-12H2,1-3H3. The molecule has 0 spiro atoms. The molecule has 2 heterocycles. The van der Waals surface area contributed by atoms with Crippen LogP contribution in [-0.4, -0.2) is 35.8 Å². The summed E-state index contributed by atoms with van der Waals surface area (Å²) >= 11 is 1.60. The lowest BCUT2D eigenvalue weighted by atomic mass is 10.1. The van der Waals surface area contributed by atoms with Crippen molar-refractivity contribution >= 4 is 32.3 Å². The number of hydrogen-bond donors (Lipinski definition) is 1. The van der Waals surface area contributed by atoms with E-state index in [1.165, 1.54) is 12.1 Å². The number of halogens is 1. The van der Waals surface area contributed by atoms with Gasteiger partial charge >= 0.3 is 0 Å². The van der Waals surface area contributed by atoms with E-state index in [-0.39, 0.29) is 11.9 Å². The zero-order valence-electron chi connectivity index (χ0n) is 16.7. The Labute approximate surface area is 173 Å². The number of benzene rings is 2. The molecular weight excluding hydrogens is 389 g/mol. The Kier molecular flexibility index (Phi) is 5.69. The van der Waals surface area contributed by atoms with Crippen molar-refractivity contribution in [3.63, 3.8) is 0 Å². The fourth-order valence-electron chi connectivity index (χ4n) is 3.25. The van der Waals surface area contributed by atoms with Gasteiger partial charge in [0, 0.05) is 18.7 Å². The number of rotatable bonds is 8. The third-order valence-electron chi connectivity index (χ3n) is 4.64. The summed E-state index contributed by atoms with van der Waals surface area (Å²) in [6.07, 6.45) is 1.10. The average Bonchev–Trinajstić information content (AvgIpc) is 3.23. The number of aromatic nitrogens is 2. The minimum atomic E-state index is -0.257. The molecule has 0 saturated heterocycles. The predicted molar refractivity (Wildman–Crippen MR) is 117 cm³/mol. The predicted octanol–water partition coefficient (Wildman–Crippen LogP) is 5.59. The number of thiazole rings is 1. The molecular formula is C22H24FN3O2S. The molecule has 0 aliphatic rings. The molecule has 7 heteroatoms. The van der Waals surface area contributed by atoms with Gasteiger partial charge < -0.3 is 14.8 Å². The average molecular weight is 414 g/mol. The maximum Gasteiger partial charge on any atom is 0.197 e. The van der Waals surface area contributed by atoms with E-state index in [4.69, 9.17) is 14.5 Å². The van der Waals surface area contributed by atoms with E-state index in [0.717, 1.165) is 51.0 Å². The maximum absolute atomic E-state index is 13.4. The summed E-state index contributed by atoms with van der Waals surface area (Å²) in [7, 11) is 1.67. The van der Waals surface area contributed by atoms with Gasteiger partial charge in [0.2, 0.25) is 0 Å². The molecule has 2 aromatic heterocycles. The van der Waals surface area contributed by atoms with Crippen molar-refractivity contribution in [2.75, 3.05) is 25.6 Å². The summed E-state index contributed by atoms with van der Waals surface area (Å²) in [4.78, 5) is 5.74. The quantitative estimate of drug-likeness (QED) is 0.383. The second kappa shape index (κ2) is 8.39. The highest BCUT2D eigenvalue weighted by Gasteiger charge is 2.18. The summed E-state index contributed by atoms with van der Waals surface area (Å²) < 4.78 is 27.6. The first-order valence-electron chi connectivity index (χ1n) is 9.67. The molecule has 4 rings (SSSR count). The Morgan fingerprint density at radius 2 is 1.97 bits per heavy atom. The Morgan fingerprint density at radius 1 is 1.17 bits per heavy atom. The van der Waals surface area contributed by atoms with Gasteiger partial charge in [0.1, 0.15) is 23.1 Å². The van der Waals surface area contributed by atoms with Crippen LogP contribution in [0.5, 0.6) is 5.75 Å². The van der Waals surface area contributed by atoms with Crippen LogP contribution in [0, 0.1) is 5.82 Å². The molecule has 0 amide bonds. The molecule has 0 aliphatic carbocycles. The minimum absolute atomic E-state index is 0.224. The number of hydrogen-bond acceptors (Lipinski definition) is 5. The highest BCUT2D eigenvalue weighted by molar-refractivity contribution is 7.23. The first-order chi connectivity index (χ1) is 14.1. The Hall–Kier alpha value is -2.64. The zero-order chi connectivity index (χ0) is 20.4. The fraction of sp³-hybridized carbons (Fsp3) is 0.318. The number of fused-ring (bicyclic) bond motifs is 3. The highest BCUT2D eigenvalue weighted by Crippen LogP contribution is 2.37. The van der Waals surface area contributed by atoms with Crippen molar-refractivity contribution in [2.45, 2.75) is 26.4 Å². The van der Waals surface area contributed by atoms with E-state index in [1.54, 1.807) is 30.6 Å². The summed E-state index contributed by atoms with van der Waals surface area (Å²) in [6.45, 7) is 5.51. The molecule has 4 aromatic rings. The number of methoxy groups -OCH3 is 1. The van der Waals surface area contributed by atoms with Crippen LogP contribution >= 0.6 is 11.3 Å². The first-order valence-corrected chi connectivity index (χ1v) is 10.5. The van der Waals surface area contributed by atoms with Gasteiger partial charge in [-0.05, 0) is 62.7 Å². The smallest absolute Gasteiger partial charge is 0.197 e. The van der Waals surface area contributed by atoms with E-state index in [2.05, 4.69) is 9.72 Å². The molecule has 0 bridgehead atoms. The highest BCUT2D eigenvalue weighted by atomic mass is 32.1. The van der Waals surface area contributed by atoms with E-state index in [1.807, 2.05) is 32.0 Å². The van der Waals surface area contributed by atoms with Crippen molar-refractivity contribution in [2.24, 2.45) is 0 Å². The molecule has 0 saturated carbocycles. The lowest BCUT2D eigenvalue weighted by Gasteiger charge is -2.11. The Morgan fingerprint density at radius 3 is 2.69 bits per heavy atom. The third kappa shape index (κ3) is 4.06. The van der Waals surface area contributed by atoms with Crippen molar-refractivity contribution in [3.05, 3.63) is 48.3 Å². The first kappa shape index (κ1) is 19.7. The molecule has 0 radical (unpaired) electrons. The number of anilines is 1. The zero-order valence-corrected chi connectivity index (χ0v) is 17.6. The van der Waals surface area contributed by atoms with Crippen LogP contribution in [-0.2, 0) is 4.74 Å². The molecule has 5 nitrogen and oxygen atoms in total. The molecule has 1 N–H and O–H groups in total. The second-order valence-corrected chi connectivity index (χ2v) is 8.08. The van der Waals surface area contributed by atoms with Gasteiger partial charge in [0.25, 0.3) is 0 Å². The van der Waals surface area contributed by atoms with Crippen LogP contribution in [0.3, 0.4) is 0 Å². The number of nitrogens with zero attached hydrogens (tertiary/aromatic N) is 2. The third-order valence-corrected chi connectivity index (χ3v) is 5.64. The van der Waals surface area contributed by atoms with Gasteiger partial charge in [0.05, 0.1) is 23.4 Å². The van der Waals surface area contributed by atoms with Crippen LogP contribution < -0.4 is 10.1 Å². The molecule has 0 unspecified atom stereocenters. The maximum atomic E-state index is 13.4. The minimum Gasteiger partial charge on any atom is -0.497 e. The van der Waals surface area contributed by atoms with Crippen LogP contribution in [0.25, 0.3) is 26.4 Å². The summed E-state index contributed by atoms with van der Waals surface area (Å²) in [6, 6.07) is 12.5. The Balaban J connectivity index is 1.74. The van der Waals surface area contributed by atoms with Gasteiger partial charge in [-0.15, -0.1) is 0 Å². The SMILES string of the molecule is COc1ccc2c(c1)sc1nc(-c3ccc(F)cc3)c(NCCCOC(C)C)n12. The van der Waals surface area contributed by atoms with Crippen molar-refractivity contribution in [1.29, 1.82) is 0 Å². The van der Waals surface area contributed by atoms with E-state index < -0.39 is 0 Å². The summed E-state index contributed by atoms with van der Waals surface area (Å²) in [5, 5.41) is 3.53. The van der Waals surface area contributed by atoms with Gasteiger partial charge in [-0.3, -0.25) is 4.40 Å². The van der Waals surface area contributed by atoms with Crippen LogP contribution in [0.15, 0.2) is 42.5 Å². The lowest BCUT2D eigenvalue weighted by molar-refractivity contribution is 0.0787. The van der Waals surface area contributed by atoms with Gasteiger partial charge in [0.15, 0.2) is 4.96 Å². The second-order valence-electron chi connectivity index (χ2n) is 7.07. The van der Waals surface area contributed by atoms with Gasteiger partial charge in [-0.2, -0.15) is 0 Å². The number of ether oxygens (including phenoxy) is 2. The summed E-state index contributed by atoms with van der Waals surface area (Å²) in [5.74, 6) is 1.47. The fourth-order valence-corrected chi connectivity index (χ4v) is 4.30. The Bertz CT molecular complexity index is 1120. The molecule has 29 heavy (non-hydrogen) atoms. The number of nitrogens with one attached hydrogen (secondary N) is 1. The molecule has 2 aromatic carbocycles. The normalized spacial score (nSPS) is 11.6. The van der Waals surface area contributed by atoms with Crippen LogP contribution in [0.2, 0.25) is 0 Å². The van der Waals surface area contributed by atoms with E-state index in [9.17, 15) is 4.39 Å². The van der Waals surface area contributed by atoms with Gasteiger partial charge in [-0.25, -0.2) is 9.37 Å². The molecule has 152 valence electrons. The number of imidazole rings is 1. The largest absolute Gasteiger partial charge is 0.497 e. The topological polar surface area (TPSA) is 47.8 Å². The molecule has 0 atom stereocenters. The summed E-state index contributed by atoms with van der Waals surface area (Å²) in [5.41, 5.74) is 2.76. The monoisotopic (exact) mass is 413 g/mol. The lowest BCUT2D eigenvalue weighted by Crippen LogP contribution is -2.10. The van der Waals surface area contributed by atoms with Crippen molar-refractivity contribution in [1.82, 2.24) is 9.38 Å². The van der Waals surface area contributed by atoms with E-state index >= 15 is 0 Å². The van der Waals surface area contributed by atoms with Crippen molar-refractivity contribution in [3.8, 4) is 17.0 Å². The molecule has 0 fully saturated rings. The molecule has 0 aliphatic heterocycles. The van der Waals surface area contributed by atoms with Crippen molar-refractivity contribution < 1.29 is 13.9 Å². The van der Waals surface area contributed by atoms with Crippen LogP contribution in [0.4, 0.5) is 10.2 Å². The van der Waals surface area contributed by atoms with E-state index in [0.29, 0.717) is 6.61 Å². The van der Waals surface area contributed by atoms with Gasteiger partial charge in [-0.1, -0.05) is 11.3 Å². The van der Waals surface area contributed by atoms with Crippen LogP contribution in [0.1, 0.15) is 20.3 Å².